The van der Waals surface area contributed by atoms with Crippen molar-refractivity contribution in [3.63, 3.8) is 0 Å². The van der Waals surface area contributed by atoms with Gasteiger partial charge in [0.1, 0.15) is 0 Å². The largest absolute Gasteiger partial charge is 0.465 e. The van der Waals surface area contributed by atoms with Crippen LogP contribution in [0.15, 0.2) is 83.8 Å². The van der Waals surface area contributed by atoms with Crippen molar-refractivity contribution in [2.75, 3.05) is 6.61 Å². The number of esters is 1. The van der Waals surface area contributed by atoms with Gasteiger partial charge in [-0.15, -0.1) is 0 Å². The van der Waals surface area contributed by atoms with Gasteiger partial charge in [-0.2, -0.15) is 0 Å². The van der Waals surface area contributed by atoms with Crippen molar-refractivity contribution in [3.05, 3.63) is 90.0 Å². The SMILES string of the molecule is CCOC(=O)C(c1ccc(-c2ccccc2)cc1)S(=O)(=O)c1ccc(C)cc1. The second-order valence-electron chi connectivity index (χ2n) is 6.48. The van der Waals surface area contributed by atoms with Gasteiger partial charge >= 0.3 is 5.97 Å². The van der Waals surface area contributed by atoms with Crippen LogP contribution in [-0.2, 0) is 19.4 Å². The van der Waals surface area contributed by atoms with Crippen LogP contribution < -0.4 is 0 Å². The first kappa shape index (κ1) is 19.8. The van der Waals surface area contributed by atoms with Gasteiger partial charge in [0.2, 0.25) is 0 Å². The van der Waals surface area contributed by atoms with Gasteiger partial charge in [-0.05, 0) is 42.7 Å². The molecule has 4 nitrogen and oxygen atoms in total. The third-order valence-corrected chi connectivity index (χ3v) is 6.50. The van der Waals surface area contributed by atoms with Crippen LogP contribution in [0.3, 0.4) is 0 Å². The average Bonchev–Trinajstić information content (AvgIpc) is 2.70. The number of carbonyl (C=O) groups is 1. The van der Waals surface area contributed by atoms with E-state index in [0.29, 0.717) is 5.56 Å². The van der Waals surface area contributed by atoms with E-state index in [2.05, 4.69) is 0 Å². The van der Waals surface area contributed by atoms with Gasteiger partial charge in [-0.3, -0.25) is 4.79 Å². The van der Waals surface area contributed by atoms with E-state index in [9.17, 15) is 13.2 Å². The lowest BCUT2D eigenvalue weighted by atomic mass is 10.0. The van der Waals surface area contributed by atoms with Crippen LogP contribution in [0.25, 0.3) is 11.1 Å². The van der Waals surface area contributed by atoms with Crippen LogP contribution in [-0.4, -0.2) is 21.0 Å². The Kier molecular flexibility index (Phi) is 5.95. The molecule has 0 radical (unpaired) electrons. The van der Waals surface area contributed by atoms with E-state index in [-0.39, 0.29) is 11.5 Å². The molecule has 0 fully saturated rings. The van der Waals surface area contributed by atoms with Crippen LogP contribution in [0.1, 0.15) is 23.3 Å². The topological polar surface area (TPSA) is 60.4 Å². The zero-order valence-electron chi connectivity index (χ0n) is 15.8. The molecule has 0 spiro atoms. The zero-order valence-corrected chi connectivity index (χ0v) is 16.6. The average molecular weight is 394 g/mol. The molecule has 1 unspecified atom stereocenters. The Morgan fingerprint density at radius 1 is 0.857 bits per heavy atom. The highest BCUT2D eigenvalue weighted by atomic mass is 32.2. The number of benzene rings is 3. The smallest absolute Gasteiger partial charge is 0.329 e. The van der Waals surface area contributed by atoms with Gasteiger partial charge in [-0.1, -0.05) is 72.3 Å². The highest BCUT2D eigenvalue weighted by Gasteiger charge is 2.36. The summed E-state index contributed by atoms with van der Waals surface area (Å²) in [5.41, 5.74) is 3.29. The molecule has 0 amide bonds. The van der Waals surface area contributed by atoms with E-state index in [0.717, 1.165) is 16.7 Å². The fraction of sp³-hybridized carbons (Fsp3) is 0.174. The molecule has 5 heteroatoms. The molecule has 0 heterocycles. The van der Waals surface area contributed by atoms with Crippen molar-refractivity contribution >= 4 is 15.8 Å². The van der Waals surface area contributed by atoms with Gasteiger partial charge in [0.05, 0.1) is 11.5 Å². The summed E-state index contributed by atoms with van der Waals surface area (Å²) in [6.07, 6.45) is 0. The first-order chi connectivity index (χ1) is 13.4. The summed E-state index contributed by atoms with van der Waals surface area (Å²) in [7, 11) is -3.94. The summed E-state index contributed by atoms with van der Waals surface area (Å²) < 4.78 is 31.5. The fourth-order valence-electron chi connectivity index (χ4n) is 3.00. The summed E-state index contributed by atoms with van der Waals surface area (Å²) >= 11 is 0. The first-order valence-electron chi connectivity index (χ1n) is 9.06. The van der Waals surface area contributed by atoms with Gasteiger partial charge in [-0.25, -0.2) is 8.42 Å². The number of hydrogen-bond acceptors (Lipinski definition) is 4. The zero-order chi connectivity index (χ0) is 20.1. The van der Waals surface area contributed by atoms with Crippen LogP contribution >= 0.6 is 0 Å². The molecule has 0 saturated carbocycles. The summed E-state index contributed by atoms with van der Waals surface area (Å²) in [5, 5.41) is -1.40. The maximum atomic E-state index is 13.2. The second kappa shape index (κ2) is 8.40. The van der Waals surface area contributed by atoms with E-state index < -0.39 is 21.1 Å². The third kappa shape index (κ3) is 4.15. The number of rotatable bonds is 6. The molecule has 28 heavy (non-hydrogen) atoms. The van der Waals surface area contributed by atoms with Crippen LogP contribution in [0.5, 0.6) is 0 Å². The second-order valence-corrected chi connectivity index (χ2v) is 8.51. The fourth-order valence-corrected chi connectivity index (χ4v) is 4.63. The van der Waals surface area contributed by atoms with E-state index in [1.807, 2.05) is 49.4 Å². The Morgan fingerprint density at radius 3 is 2.00 bits per heavy atom. The number of aryl methyl sites for hydroxylation is 1. The van der Waals surface area contributed by atoms with Crippen molar-refractivity contribution < 1.29 is 17.9 Å². The molecule has 3 aromatic rings. The Morgan fingerprint density at radius 2 is 1.43 bits per heavy atom. The monoisotopic (exact) mass is 394 g/mol. The Hall–Kier alpha value is -2.92. The molecule has 0 aromatic heterocycles. The van der Waals surface area contributed by atoms with Crippen molar-refractivity contribution in [1.82, 2.24) is 0 Å². The molecule has 0 N–H and O–H groups in total. The van der Waals surface area contributed by atoms with Gasteiger partial charge < -0.3 is 4.74 Å². The molecule has 144 valence electrons. The van der Waals surface area contributed by atoms with Gasteiger partial charge in [0, 0.05) is 0 Å². The number of hydrogen-bond donors (Lipinski definition) is 0. The molecule has 0 saturated heterocycles. The molecule has 0 aliphatic heterocycles. The summed E-state index contributed by atoms with van der Waals surface area (Å²) in [5.74, 6) is -0.768. The minimum absolute atomic E-state index is 0.100. The lowest BCUT2D eigenvalue weighted by Crippen LogP contribution is -2.24. The highest BCUT2D eigenvalue weighted by Crippen LogP contribution is 2.32. The molecule has 3 rings (SSSR count). The van der Waals surface area contributed by atoms with E-state index in [1.165, 1.54) is 12.1 Å². The predicted octanol–water partition coefficient (Wildman–Crippen LogP) is 4.74. The molecule has 0 aliphatic carbocycles. The van der Waals surface area contributed by atoms with Gasteiger partial charge in [0.25, 0.3) is 0 Å². The minimum atomic E-state index is -3.94. The number of ether oxygens (including phenoxy) is 1. The van der Waals surface area contributed by atoms with Crippen molar-refractivity contribution in [2.24, 2.45) is 0 Å². The Labute approximate surface area is 165 Å². The van der Waals surface area contributed by atoms with E-state index in [1.54, 1.807) is 31.2 Å². The number of carbonyl (C=O) groups excluding carboxylic acids is 1. The lowest BCUT2D eigenvalue weighted by Gasteiger charge is -2.17. The maximum absolute atomic E-state index is 13.2. The predicted molar refractivity (Wildman–Crippen MR) is 110 cm³/mol. The lowest BCUT2D eigenvalue weighted by molar-refractivity contribution is -0.142. The molecular weight excluding hydrogens is 372 g/mol. The maximum Gasteiger partial charge on any atom is 0.329 e. The quantitative estimate of drug-likeness (QED) is 0.567. The summed E-state index contributed by atoms with van der Waals surface area (Å²) in [4.78, 5) is 12.7. The van der Waals surface area contributed by atoms with Gasteiger partial charge in [0.15, 0.2) is 15.1 Å². The Balaban J connectivity index is 2.03. The molecule has 0 aliphatic rings. The van der Waals surface area contributed by atoms with Crippen LogP contribution in [0, 0.1) is 6.92 Å². The Bertz CT molecular complexity index is 1040. The van der Waals surface area contributed by atoms with Crippen molar-refractivity contribution in [2.45, 2.75) is 24.0 Å². The van der Waals surface area contributed by atoms with E-state index in [4.69, 9.17) is 4.74 Å². The molecular formula is C23H22O4S. The first-order valence-corrected chi connectivity index (χ1v) is 10.6. The minimum Gasteiger partial charge on any atom is -0.465 e. The molecule has 3 aromatic carbocycles. The summed E-state index contributed by atoms with van der Waals surface area (Å²) in [6.45, 7) is 3.65. The van der Waals surface area contributed by atoms with E-state index >= 15 is 0 Å². The standard InChI is InChI=1S/C23H22O4S/c1-3-27-23(24)22(28(25,26)21-15-9-17(2)10-16-21)20-13-11-19(12-14-20)18-7-5-4-6-8-18/h4-16,22H,3H2,1-2H3. The molecule has 0 bridgehead atoms. The third-order valence-electron chi connectivity index (χ3n) is 4.48. The van der Waals surface area contributed by atoms with Crippen molar-refractivity contribution in [3.8, 4) is 11.1 Å². The normalized spacial score (nSPS) is 12.4. The van der Waals surface area contributed by atoms with Crippen LogP contribution in [0.4, 0.5) is 0 Å². The number of sulfone groups is 1. The molecule has 1 atom stereocenters. The highest BCUT2D eigenvalue weighted by molar-refractivity contribution is 7.92. The summed E-state index contributed by atoms with van der Waals surface area (Å²) in [6, 6.07) is 23.2. The van der Waals surface area contributed by atoms with Crippen molar-refractivity contribution in [1.29, 1.82) is 0 Å². The van der Waals surface area contributed by atoms with Crippen LogP contribution in [0.2, 0.25) is 0 Å².